The fraction of sp³-hybridized carbons (Fsp3) is 0.611. The summed E-state index contributed by atoms with van der Waals surface area (Å²) >= 11 is 0. The van der Waals surface area contributed by atoms with Crippen molar-refractivity contribution < 1.29 is 13.9 Å². The van der Waals surface area contributed by atoms with Crippen molar-refractivity contribution in [2.75, 3.05) is 6.61 Å². The van der Waals surface area contributed by atoms with Crippen LogP contribution < -0.4 is 4.74 Å². The molecule has 3 aliphatic rings. The zero-order chi connectivity index (χ0) is 14.6. The number of carbonyl (C=O) groups is 1. The molecule has 1 aromatic carbocycles. The first-order chi connectivity index (χ1) is 10.1. The number of fused-ring (bicyclic) bond motifs is 1. The summed E-state index contributed by atoms with van der Waals surface area (Å²) < 4.78 is 20.0. The van der Waals surface area contributed by atoms with Crippen LogP contribution in [0.1, 0.15) is 60.9 Å². The van der Waals surface area contributed by atoms with Crippen LogP contribution in [0.2, 0.25) is 0 Å². The second kappa shape index (κ2) is 4.82. The zero-order valence-corrected chi connectivity index (χ0v) is 12.4. The molecule has 0 aliphatic heterocycles. The van der Waals surface area contributed by atoms with E-state index in [4.69, 9.17) is 4.74 Å². The van der Waals surface area contributed by atoms with Crippen LogP contribution in [-0.2, 0) is 0 Å². The maximum atomic E-state index is 14.0. The number of halogens is 1. The van der Waals surface area contributed by atoms with Crippen molar-refractivity contribution in [1.82, 2.24) is 0 Å². The molecule has 4 rings (SSSR count). The van der Waals surface area contributed by atoms with Gasteiger partial charge < -0.3 is 4.74 Å². The number of hydrogen-bond donors (Lipinski definition) is 0. The fourth-order valence-electron chi connectivity index (χ4n) is 3.86. The summed E-state index contributed by atoms with van der Waals surface area (Å²) in [6.07, 6.45) is 6.19. The Morgan fingerprint density at radius 1 is 1.24 bits per heavy atom. The van der Waals surface area contributed by atoms with Crippen molar-refractivity contribution in [2.45, 2.75) is 44.9 Å². The maximum Gasteiger partial charge on any atom is 0.162 e. The predicted molar refractivity (Wildman–Crippen MR) is 78.2 cm³/mol. The molecule has 1 aromatic rings. The number of rotatable bonds is 5. The van der Waals surface area contributed by atoms with Crippen LogP contribution in [0.4, 0.5) is 4.39 Å². The second-order valence-electron chi connectivity index (χ2n) is 7.10. The lowest BCUT2D eigenvalue weighted by Gasteiger charge is -2.17. The third-order valence-corrected chi connectivity index (χ3v) is 5.31. The van der Waals surface area contributed by atoms with Crippen molar-refractivity contribution in [3.63, 3.8) is 0 Å². The summed E-state index contributed by atoms with van der Waals surface area (Å²) in [5, 5.41) is 0. The van der Waals surface area contributed by atoms with E-state index >= 15 is 0 Å². The van der Waals surface area contributed by atoms with Gasteiger partial charge in [0.05, 0.1) is 12.2 Å². The fourth-order valence-corrected chi connectivity index (χ4v) is 3.86. The molecule has 0 aromatic heterocycles. The molecule has 3 saturated carbocycles. The van der Waals surface area contributed by atoms with Crippen molar-refractivity contribution >= 4 is 5.78 Å². The minimum atomic E-state index is -0.448. The lowest BCUT2D eigenvalue weighted by atomic mass is 10.0. The third-order valence-electron chi connectivity index (χ3n) is 5.31. The molecule has 0 bridgehead atoms. The van der Waals surface area contributed by atoms with E-state index in [1.807, 2.05) is 0 Å². The lowest BCUT2D eigenvalue weighted by Crippen LogP contribution is -2.12. The van der Waals surface area contributed by atoms with Crippen LogP contribution in [0.5, 0.6) is 5.75 Å². The molecule has 0 spiro atoms. The van der Waals surface area contributed by atoms with E-state index in [1.165, 1.54) is 32.3 Å². The lowest BCUT2D eigenvalue weighted by molar-refractivity contribution is 0.101. The summed E-state index contributed by atoms with van der Waals surface area (Å²) in [6.45, 7) is 2.12. The first-order valence-corrected chi connectivity index (χ1v) is 8.09. The molecule has 0 N–H and O–H groups in total. The van der Waals surface area contributed by atoms with Crippen LogP contribution in [0.25, 0.3) is 0 Å². The number of benzene rings is 1. The van der Waals surface area contributed by atoms with Crippen LogP contribution in [0, 0.1) is 23.6 Å². The molecular formula is C18H21FO2. The first kappa shape index (κ1) is 13.3. The highest BCUT2D eigenvalue weighted by Gasteiger charge is 2.45. The van der Waals surface area contributed by atoms with Crippen molar-refractivity contribution in [3.8, 4) is 5.75 Å². The zero-order valence-electron chi connectivity index (χ0n) is 12.4. The SMILES string of the molecule is CC(=O)c1cc(C2CC2)c(OCC2CC3CC3C2)cc1F. The van der Waals surface area contributed by atoms with Gasteiger partial charge in [-0.25, -0.2) is 4.39 Å². The van der Waals surface area contributed by atoms with Gasteiger partial charge in [-0.15, -0.1) is 0 Å². The molecule has 2 nitrogen and oxygen atoms in total. The average molecular weight is 288 g/mol. The van der Waals surface area contributed by atoms with E-state index < -0.39 is 5.82 Å². The highest BCUT2D eigenvalue weighted by molar-refractivity contribution is 5.94. The van der Waals surface area contributed by atoms with Gasteiger partial charge in [-0.1, -0.05) is 0 Å². The standard InChI is InChI=1S/C18H21FO2/c1-10(20)15-7-16(12-2-3-12)18(8-17(15)19)21-9-11-4-13-6-14(13)5-11/h7-8,11-14H,2-6,9H2,1H3. The minimum Gasteiger partial charge on any atom is -0.493 e. The minimum absolute atomic E-state index is 0.200. The molecule has 0 radical (unpaired) electrons. The van der Waals surface area contributed by atoms with Crippen LogP contribution in [0.3, 0.4) is 0 Å². The topological polar surface area (TPSA) is 26.3 Å². The second-order valence-corrected chi connectivity index (χ2v) is 7.10. The quantitative estimate of drug-likeness (QED) is 0.754. The molecule has 0 heterocycles. The van der Waals surface area contributed by atoms with Gasteiger partial charge >= 0.3 is 0 Å². The van der Waals surface area contributed by atoms with E-state index in [1.54, 1.807) is 6.07 Å². The van der Waals surface area contributed by atoms with Gasteiger partial charge in [0.1, 0.15) is 11.6 Å². The normalized spacial score (nSPS) is 30.1. The molecule has 2 unspecified atom stereocenters. The Labute approximate surface area is 124 Å². The number of ether oxygens (including phenoxy) is 1. The number of Topliss-reactive ketones (excluding diaryl/α,β-unsaturated/α-hetero) is 1. The Bertz CT molecular complexity index is 581. The monoisotopic (exact) mass is 288 g/mol. The van der Waals surface area contributed by atoms with Gasteiger partial charge in [-0.05, 0) is 74.3 Å². The molecule has 2 atom stereocenters. The van der Waals surface area contributed by atoms with Crippen LogP contribution in [0.15, 0.2) is 12.1 Å². The molecular weight excluding hydrogens is 267 g/mol. The molecule has 3 fully saturated rings. The Morgan fingerprint density at radius 3 is 2.57 bits per heavy atom. The molecule has 3 heteroatoms. The smallest absolute Gasteiger partial charge is 0.162 e. The van der Waals surface area contributed by atoms with Crippen molar-refractivity contribution in [3.05, 3.63) is 29.1 Å². The molecule has 3 aliphatic carbocycles. The largest absolute Gasteiger partial charge is 0.493 e. The van der Waals surface area contributed by atoms with Crippen LogP contribution >= 0.6 is 0 Å². The highest BCUT2D eigenvalue weighted by Crippen LogP contribution is 2.54. The summed E-state index contributed by atoms with van der Waals surface area (Å²) in [4.78, 5) is 11.5. The summed E-state index contributed by atoms with van der Waals surface area (Å²) in [5.74, 6) is 2.98. The van der Waals surface area contributed by atoms with Gasteiger partial charge in [0, 0.05) is 6.07 Å². The molecule has 21 heavy (non-hydrogen) atoms. The van der Waals surface area contributed by atoms with Gasteiger partial charge in [-0.3, -0.25) is 4.79 Å². The van der Waals surface area contributed by atoms with Gasteiger partial charge in [0.25, 0.3) is 0 Å². The molecule has 0 saturated heterocycles. The number of ketones is 1. The first-order valence-electron chi connectivity index (χ1n) is 8.09. The Balaban J connectivity index is 1.52. The summed E-state index contributed by atoms with van der Waals surface area (Å²) in [7, 11) is 0. The number of carbonyl (C=O) groups excluding carboxylic acids is 1. The van der Waals surface area contributed by atoms with Crippen LogP contribution in [-0.4, -0.2) is 12.4 Å². The van der Waals surface area contributed by atoms with Crippen molar-refractivity contribution in [1.29, 1.82) is 0 Å². The predicted octanol–water partition coefficient (Wildman–Crippen LogP) is 4.33. The Morgan fingerprint density at radius 2 is 1.95 bits per heavy atom. The summed E-state index contributed by atoms with van der Waals surface area (Å²) in [5.41, 5.74) is 1.23. The van der Waals surface area contributed by atoms with E-state index in [0.717, 1.165) is 30.2 Å². The molecule has 0 amide bonds. The van der Waals surface area contributed by atoms with Gasteiger partial charge in [0.15, 0.2) is 5.78 Å². The van der Waals surface area contributed by atoms with Crippen molar-refractivity contribution in [2.24, 2.45) is 17.8 Å². The van der Waals surface area contributed by atoms with E-state index in [-0.39, 0.29) is 11.3 Å². The molecule has 112 valence electrons. The van der Waals surface area contributed by atoms with E-state index in [2.05, 4.69) is 0 Å². The third kappa shape index (κ3) is 2.58. The van der Waals surface area contributed by atoms with E-state index in [9.17, 15) is 9.18 Å². The summed E-state index contributed by atoms with van der Waals surface area (Å²) in [6, 6.07) is 3.15. The van der Waals surface area contributed by atoms with Gasteiger partial charge in [0.2, 0.25) is 0 Å². The Kier molecular flexibility index (Phi) is 3.05. The van der Waals surface area contributed by atoms with E-state index in [0.29, 0.717) is 24.2 Å². The van der Waals surface area contributed by atoms with Gasteiger partial charge in [-0.2, -0.15) is 0 Å². The number of hydrogen-bond acceptors (Lipinski definition) is 2. The Hall–Kier alpha value is -1.38. The maximum absolute atomic E-state index is 14.0. The highest BCUT2D eigenvalue weighted by atomic mass is 19.1. The average Bonchev–Trinajstić information content (AvgIpc) is 3.36.